The van der Waals surface area contributed by atoms with Crippen LogP contribution in [0.25, 0.3) is 0 Å². The van der Waals surface area contributed by atoms with Gasteiger partial charge < -0.3 is 9.47 Å². The van der Waals surface area contributed by atoms with E-state index >= 15 is 0 Å². The monoisotopic (exact) mass is 263 g/mol. The predicted octanol–water partition coefficient (Wildman–Crippen LogP) is 2.93. The van der Waals surface area contributed by atoms with Gasteiger partial charge in [-0.05, 0) is 30.4 Å². The van der Waals surface area contributed by atoms with Crippen LogP contribution < -0.4 is 4.74 Å². The van der Waals surface area contributed by atoms with E-state index in [9.17, 15) is 4.79 Å². The summed E-state index contributed by atoms with van der Waals surface area (Å²) >= 11 is 0. The van der Waals surface area contributed by atoms with E-state index in [2.05, 4.69) is 18.0 Å². The molecular formula is C15H21NO3. The van der Waals surface area contributed by atoms with Crippen molar-refractivity contribution in [3.8, 4) is 5.75 Å². The lowest BCUT2D eigenvalue weighted by atomic mass is 10.1. The van der Waals surface area contributed by atoms with Gasteiger partial charge in [-0.1, -0.05) is 13.3 Å². The predicted molar refractivity (Wildman–Crippen MR) is 72.1 cm³/mol. The molecule has 0 radical (unpaired) electrons. The third-order valence-corrected chi connectivity index (χ3v) is 3.35. The fourth-order valence-electron chi connectivity index (χ4n) is 2.12. The number of esters is 1. The summed E-state index contributed by atoms with van der Waals surface area (Å²) < 4.78 is 10.7. The maximum absolute atomic E-state index is 10.8. The molecule has 1 heterocycles. The van der Waals surface area contributed by atoms with Crippen molar-refractivity contribution >= 4 is 5.97 Å². The van der Waals surface area contributed by atoms with Crippen LogP contribution in [0.3, 0.4) is 0 Å². The Labute approximate surface area is 114 Å². The molecule has 2 atom stereocenters. The van der Waals surface area contributed by atoms with Crippen LogP contribution in [0.15, 0.2) is 18.5 Å². The molecule has 19 heavy (non-hydrogen) atoms. The van der Waals surface area contributed by atoms with Gasteiger partial charge in [0.05, 0.1) is 19.4 Å². The Kier molecular flexibility index (Phi) is 4.77. The van der Waals surface area contributed by atoms with Crippen molar-refractivity contribution in [3.05, 3.63) is 24.0 Å². The average molecular weight is 263 g/mol. The second-order valence-corrected chi connectivity index (χ2v) is 5.06. The number of hydrogen-bond acceptors (Lipinski definition) is 4. The first kappa shape index (κ1) is 13.8. The molecular weight excluding hydrogens is 242 g/mol. The van der Waals surface area contributed by atoms with Gasteiger partial charge in [-0.25, -0.2) is 0 Å². The van der Waals surface area contributed by atoms with Crippen molar-refractivity contribution in [1.29, 1.82) is 0 Å². The van der Waals surface area contributed by atoms with Gasteiger partial charge in [0, 0.05) is 19.0 Å². The van der Waals surface area contributed by atoms with Gasteiger partial charge in [0.25, 0.3) is 0 Å². The summed E-state index contributed by atoms with van der Waals surface area (Å²) in [7, 11) is 0. The first-order chi connectivity index (χ1) is 9.20. The summed E-state index contributed by atoms with van der Waals surface area (Å²) in [6.07, 6.45) is 6.88. The van der Waals surface area contributed by atoms with Crippen molar-refractivity contribution in [3.63, 3.8) is 0 Å². The Morgan fingerprint density at radius 2 is 2.32 bits per heavy atom. The number of aromatic nitrogens is 1. The largest absolute Gasteiger partial charge is 0.492 e. The highest BCUT2D eigenvalue weighted by Gasteiger charge is 2.39. The smallest absolute Gasteiger partial charge is 0.302 e. The van der Waals surface area contributed by atoms with Gasteiger partial charge in [-0.2, -0.15) is 0 Å². The van der Waals surface area contributed by atoms with Crippen molar-refractivity contribution in [2.45, 2.75) is 39.0 Å². The number of unbranched alkanes of at least 4 members (excludes halogenated alkanes) is 1. The Hall–Kier alpha value is -1.58. The minimum Gasteiger partial charge on any atom is -0.492 e. The molecule has 4 nitrogen and oxygen atoms in total. The molecule has 1 aliphatic carbocycles. The summed E-state index contributed by atoms with van der Waals surface area (Å²) in [5.74, 6) is 1.53. The summed E-state index contributed by atoms with van der Waals surface area (Å²) in [6.45, 7) is 4.84. The number of carbonyl (C=O) groups excluding carboxylic acids is 1. The Morgan fingerprint density at radius 3 is 3.05 bits per heavy atom. The van der Waals surface area contributed by atoms with Gasteiger partial charge in [0.1, 0.15) is 5.75 Å². The van der Waals surface area contributed by atoms with Crippen LogP contribution in [-0.4, -0.2) is 24.2 Å². The maximum Gasteiger partial charge on any atom is 0.302 e. The summed E-state index contributed by atoms with van der Waals surface area (Å²) in [6, 6.07) is 2.06. The van der Waals surface area contributed by atoms with Crippen molar-refractivity contribution in [1.82, 2.24) is 4.98 Å². The first-order valence-corrected chi connectivity index (χ1v) is 6.91. The first-order valence-electron chi connectivity index (χ1n) is 6.91. The van der Waals surface area contributed by atoms with Gasteiger partial charge in [0.15, 0.2) is 0 Å². The number of pyridine rings is 1. The van der Waals surface area contributed by atoms with Crippen LogP contribution in [0.4, 0.5) is 0 Å². The summed E-state index contributed by atoms with van der Waals surface area (Å²) in [5, 5.41) is 0. The molecule has 1 fully saturated rings. The second kappa shape index (κ2) is 6.55. The average Bonchev–Trinajstić information content (AvgIpc) is 3.17. The number of ether oxygens (including phenoxy) is 2. The lowest BCUT2D eigenvalue weighted by molar-refractivity contribution is -0.141. The fourth-order valence-corrected chi connectivity index (χ4v) is 2.12. The molecule has 0 amide bonds. The van der Waals surface area contributed by atoms with E-state index in [1.54, 1.807) is 6.20 Å². The topological polar surface area (TPSA) is 48.4 Å². The molecule has 104 valence electrons. The standard InChI is InChI=1S/C15H21NO3/c1-3-4-5-18-14-6-12(8-16-9-14)15-7-13(15)10-19-11(2)17/h6,8-9,13,15H,3-5,7,10H2,1-2H3/t13-,15-/m1/s1. The highest BCUT2D eigenvalue weighted by molar-refractivity contribution is 5.65. The normalized spacial score (nSPS) is 20.9. The molecule has 2 rings (SSSR count). The molecule has 0 bridgehead atoms. The minimum absolute atomic E-state index is 0.208. The van der Waals surface area contributed by atoms with E-state index in [4.69, 9.17) is 9.47 Å². The SMILES string of the molecule is CCCCOc1cncc([C@H]2C[C@@H]2COC(C)=O)c1. The van der Waals surface area contributed by atoms with Crippen molar-refractivity contribution in [2.24, 2.45) is 5.92 Å². The van der Waals surface area contributed by atoms with E-state index in [-0.39, 0.29) is 5.97 Å². The number of carbonyl (C=O) groups is 1. The van der Waals surface area contributed by atoms with Crippen LogP contribution in [0.1, 0.15) is 44.6 Å². The van der Waals surface area contributed by atoms with Crippen LogP contribution in [-0.2, 0) is 9.53 Å². The summed E-state index contributed by atoms with van der Waals surface area (Å²) in [5.41, 5.74) is 1.19. The maximum atomic E-state index is 10.8. The van der Waals surface area contributed by atoms with Gasteiger partial charge >= 0.3 is 5.97 Å². The highest BCUT2D eigenvalue weighted by Crippen LogP contribution is 2.47. The zero-order valence-corrected chi connectivity index (χ0v) is 11.6. The van der Waals surface area contributed by atoms with E-state index in [1.165, 1.54) is 12.5 Å². The van der Waals surface area contributed by atoms with E-state index < -0.39 is 0 Å². The molecule has 0 aromatic carbocycles. The highest BCUT2D eigenvalue weighted by atomic mass is 16.5. The molecule has 0 spiro atoms. The van der Waals surface area contributed by atoms with E-state index in [0.717, 1.165) is 31.6 Å². The Bertz CT molecular complexity index is 433. The minimum atomic E-state index is -0.208. The van der Waals surface area contributed by atoms with Crippen LogP contribution in [0.5, 0.6) is 5.75 Å². The van der Waals surface area contributed by atoms with Crippen LogP contribution in [0.2, 0.25) is 0 Å². The summed E-state index contributed by atoms with van der Waals surface area (Å²) in [4.78, 5) is 15.0. The zero-order chi connectivity index (χ0) is 13.7. The molecule has 1 saturated carbocycles. The second-order valence-electron chi connectivity index (χ2n) is 5.06. The Balaban J connectivity index is 1.84. The van der Waals surface area contributed by atoms with Crippen LogP contribution >= 0.6 is 0 Å². The van der Waals surface area contributed by atoms with E-state index in [1.807, 2.05) is 6.20 Å². The lowest BCUT2D eigenvalue weighted by Crippen LogP contribution is -2.03. The lowest BCUT2D eigenvalue weighted by Gasteiger charge is -2.07. The third kappa shape index (κ3) is 4.23. The molecule has 0 saturated heterocycles. The van der Waals surface area contributed by atoms with E-state index in [0.29, 0.717) is 18.4 Å². The van der Waals surface area contributed by atoms with Crippen molar-refractivity contribution in [2.75, 3.05) is 13.2 Å². The molecule has 1 aromatic heterocycles. The molecule has 0 N–H and O–H groups in total. The molecule has 1 aliphatic rings. The Morgan fingerprint density at radius 1 is 1.47 bits per heavy atom. The van der Waals surface area contributed by atoms with Gasteiger partial charge in [0.2, 0.25) is 0 Å². The number of nitrogens with zero attached hydrogens (tertiary/aromatic N) is 1. The number of hydrogen-bond donors (Lipinski definition) is 0. The number of rotatable bonds is 7. The van der Waals surface area contributed by atoms with Gasteiger partial charge in [-0.15, -0.1) is 0 Å². The molecule has 0 aliphatic heterocycles. The molecule has 4 heteroatoms. The quantitative estimate of drug-likeness (QED) is 0.560. The fraction of sp³-hybridized carbons (Fsp3) is 0.600. The third-order valence-electron chi connectivity index (χ3n) is 3.35. The molecule has 0 unspecified atom stereocenters. The molecule has 1 aromatic rings. The van der Waals surface area contributed by atoms with Gasteiger partial charge in [-0.3, -0.25) is 9.78 Å². The van der Waals surface area contributed by atoms with Crippen LogP contribution in [0, 0.1) is 5.92 Å². The zero-order valence-electron chi connectivity index (χ0n) is 11.6. The van der Waals surface area contributed by atoms with Crippen molar-refractivity contribution < 1.29 is 14.3 Å².